The first-order valence-corrected chi connectivity index (χ1v) is 22.9. The van der Waals surface area contributed by atoms with Crippen LogP contribution in [-0.4, -0.2) is 46.9 Å². The molecule has 0 rings (SSSR count). The van der Waals surface area contributed by atoms with Gasteiger partial charge >= 0.3 is 5.97 Å². The molecule has 0 spiro atoms. The summed E-state index contributed by atoms with van der Waals surface area (Å²) in [5.74, 6) is -0.614. The molecule has 314 valence electrons. The van der Waals surface area contributed by atoms with Gasteiger partial charge in [0, 0.05) is 6.42 Å². The second-order valence-corrected chi connectivity index (χ2v) is 15.4. The number of ether oxygens (including phenoxy) is 1. The van der Waals surface area contributed by atoms with Crippen molar-refractivity contribution < 1.29 is 24.5 Å². The van der Waals surface area contributed by atoms with Gasteiger partial charge in [-0.05, 0) is 63.9 Å². The molecule has 0 aliphatic carbocycles. The number of nitrogens with one attached hydrogen (secondary N) is 1. The van der Waals surface area contributed by atoms with Gasteiger partial charge in [0.25, 0.3) is 0 Å². The monoisotopic (exact) mass is 758 g/mol. The minimum atomic E-state index is -0.809. The molecule has 3 N–H and O–H groups in total. The Bertz CT molecular complexity index is 941. The van der Waals surface area contributed by atoms with E-state index in [4.69, 9.17) is 4.74 Å². The first-order chi connectivity index (χ1) is 26.5. The highest BCUT2D eigenvalue weighted by atomic mass is 16.5. The normalized spacial score (nSPS) is 13.8. The lowest BCUT2D eigenvalue weighted by atomic mass is 10.0. The molecule has 54 heavy (non-hydrogen) atoms. The van der Waals surface area contributed by atoms with E-state index < -0.39 is 18.2 Å². The van der Waals surface area contributed by atoms with Crippen molar-refractivity contribution in [2.45, 2.75) is 238 Å². The Kier molecular flexibility index (Phi) is 40.3. The van der Waals surface area contributed by atoms with Gasteiger partial charge in [0.05, 0.1) is 25.2 Å². The zero-order valence-corrected chi connectivity index (χ0v) is 35.6. The average molecular weight is 758 g/mol. The first-order valence-electron chi connectivity index (χ1n) is 22.9. The van der Waals surface area contributed by atoms with Crippen molar-refractivity contribution >= 4 is 11.9 Å². The standard InChI is InChI=1S/C48H87NO5/c1-4-7-10-13-16-19-22-23-24-26-29-32-35-38-41-48(53)54-44(39-36-33-30-27-25-20-17-14-11-8-5-2)42-47(52)49-45(43-50)46(51)40-37-34-31-28-21-18-15-12-9-6-3/h7,10,16,19,27,30,36,39,44-46,50-51H,4-6,8-9,11-15,17-18,20-26,28-29,31-35,37-38,40-43H2,1-3H3,(H,49,52)/b10-7+,19-16+,30-27-,39-36+. The van der Waals surface area contributed by atoms with Crippen LogP contribution in [0, 0.1) is 0 Å². The van der Waals surface area contributed by atoms with Crippen LogP contribution in [0.2, 0.25) is 0 Å². The van der Waals surface area contributed by atoms with Crippen LogP contribution in [0.15, 0.2) is 48.6 Å². The Labute approximate surface area is 334 Å². The van der Waals surface area contributed by atoms with Crippen molar-refractivity contribution in [3.8, 4) is 0 Å². The number of rotatable bonds is 40. The molecule has 0 heterocycles. The van der Waals surface area contributed by atoms with Crippen LogP contribution in [0.5, 0.6) is 0 Å². The second-order valence-electron chi connectivity index (χ2n) is 15.4. The van der Waals surface area contributed by atoms with E-state index >= 15 is 0 Å². The van der Waals surface area contributed by atoms with Gasteiger partial charge in [-0.15, -0.1) is 0 Å². The zero-order valence-electron chi connectivity index (χ0n) is 35.6. The van der Waals surface area contributed by atoms with Crippen molar-refractivity contribution in [1.82, 2.24) is 5.32 Å². The summed E-state index contributed by atoms with van der Waals surface area (Å²) in [6, 6.07) is -0.731. The Balaban J connectivity index is 4.68. The van der Waals surface area contributed by atoms with E-state index in [2.05, 4.69) is 62.5 Å². The molecule has 0 radical (unpaired) electrons. The molecule has 3 unspecified atom stereocenters. The molecule has 0 aliphatic heterocycles. The molecular weight excluding hydrogens is 671 g/mol. The van der Waals surface area contributed by atoms with Crippen LogP contribution in [0.4, 0.5) is 0 Å². The molecule has 6 heteroatoms. The maximum Gasteiger partial charge on any atom is 0.306 e. The summed E-state index contributed by atoms with van der Waals surface area (Å²) in [7, 11) is 0. The fourth-order valence-electron chi connectivity index (χ4n) is 6.67. The van der Waals surface area contributed by atoms with Crippen LogP contribution in [-0.2, 0) is 14.3 Å². The molecule has 1 amide bonds. The lowest BCUT2D eigenvalue weighted by Gasteiger charge is -2.23. The van der Waals surface area contributed by atoms with Crippen molar-refractivity contribution in [3.63, 3.8) is 0 Å². The first kappa shape index (κ1) is 51.8. The summed E-state index contributed by atoms with van der Waals surface area (Å²) in [6.07, 6.45) is 49.2. The summed E-state index contributed by atoms with van der Waals surface area (Å²) >= 11 is 0. The van der Waals surface area contributed by atoms with Gasteiger partial charge in [0.15, 0.2) is 0 Å². The molecule has 6 nitrogen and oxygen atoms in total. The Morgan fingerprint density at radius 3 is 1.56 bits per heavy atom. The summed E-state index contributed by atoms with van der Waals surface area (Å²) < 4.78 is 5.79. The highest BCUT2D eigenvalue weighted by molar-refractivity contribution is 5.78. The van der Waals surface area contributed by atoms with Gasteiger partial charge < -0.3 is 20.3 Å². The fourth-order valence-corrected chi connectivity index (χ4v) is 6.67. The predicted molar refractivity (Wildman–Crippen MR) is 232 cm³/mol. The van der Waals surface area contributed by atoms with Gasteiger partial charge in [0.2, 0.25) is 5.91 Å². The summed E-state index contributed by atoms with van der Waals surface area (Å²) in [6.45, 7) is 6.31. The number of aliphatic hydroxyl groups excluding tert-OH is 2. The largest absolute Gasteiger partial charge is 0.458 e. The van der Waals surface area contributed by atoms with E-state index in [0.717, 1.165) is 70.6 Å². The number of allylic oxidation sites excluding steroid dienone is 7. The molecule has 0 fully saturated rings. The third-order valence-electron chi connectivity index (χ3n) is 10.1. The number of amides is 1. The minimum absolute atomic E-state index is 0.0319. The Morgan fingerprint density at radius 1 is 0.574 bits per heavy atom. The summed E-state index contributed by atoms with van der Waals surface area (Å²) in [5, 5.41) is 23.5. The number of hydrogen-bond donors (Lipinski definition) is 3. The van der Waals surface area contributed by atoms with Gasteiger partial charge in [-0.2, -0.15) is 0 Å². The number of esters is 1. The zero-order chi connectivity index (χ0) is 39.6. The molecule has 3 atom stereocenters. The van der Waals surface area contributed by atoms with Crippen LogP contribution in [0.1, 0.15) is 220 Å². The van der Waals surface area contributed by atoms with Gasteiger partial charge in [-0.3, -0.25) is 9.59 Å². The summed E-state index contributed by atoms with van der Waals surface area (Å²) in [4.78, 5) is 25.9. The lowest BCUT2D eigenvalue weighted by molar-refractivity contribution is -0.148. The molecule has 0 bridgehead atoms. The van der Waals surface area contributed by atoms with Crippen LogP contribution < -0.4 is 5.32 Å². The highest BCUT2D eigenvalue weighted by Gasteiger charge is 2.23. The van der Waals surface area contributed by atoms with Crippen molar-refractivity contribution in [2.24, 2.45) is 0 Å². The molecule has 0 aromatic rings. The van der Waals surface area contributed by atoms with Gasteiger partial charge in [0.1, 0.15) is 6.10 Å². The summed E-state index contributed by atoms with van der Waals surface area (Å²) in [5.41, 5.74) is 0. The average Bonchev–Trinajstić information content (AvgIpc) is 3.16. The van der Waals surface area contributed by atoms with Gasteiger partial charge in [-0.25, -0.2) is 0 Å². The van der Waals surface area contributed by atoms with E-state index in [1.54, 1.807) is 0 Å². The number of hydrogen-bond acceptors (Lipinski definition) is 5. The van der Waals surface area contributed by atoms with Crippen LogP contribution >= 0.6 is 0 Å². The molecule has 0 saturated heterocycles. The third kappa shape index (κ3) is 36.8. The number of carbonyl (C=O) groups is 2. The quantitative estimate of drug-likeness (QED) is 0.0329. The van der Waals surface area contributed by atoms with Crippen molar-refractivity contribution in [2.75, 3.05) is 6.61 Å². The van der Waals surface area contributed by atoms with E-state index in [9.17, 15) is 19.8 Å². The van der Waals surface area contributed by atoms with Gasteiger partial charge in [-0.1, -0.05) is 192 Å². The van der Waals surface area contributed by atoms with Crippen LogP contribution in [0.3, 0.4) is 0 Å². The number of aliphatic hydroxyl groups is 2. The SMILES string of the molecule is CC/C=C/C/C=C/CCCCCCCCCC(=O)OC(/C=C/C/C=C\CCCCCCCC)CC(=O)NC(CO)C(O)CCCCCCCCCCCC. The minimum Gasteiger partial charge on any atom is -0.458 e. The smallest absolute Gasteiger partial charge is 0.306 e. The second kappa shape index (κ2) is 42.0. The maximum atomic E-state index is 13.1. The highest BCUT2D eigenvalue weighted by Crippen LogP contribution is 2.15. The Hall–Kier alpha value is -2.18. The molecule has 0 saturated carbocycles. The molecule has 0 aromatic heterocycles. The molecule has 0 aromatic carbocycles. The van der Waals surface area contributed by atoms with E-state index in [1.807, 2.05) is 12.2 Å². The predicted octanol–water partition coefficient (Wildman–Crippen LogP) is 13.1. The van der Waals surface area contributed by atoms with Crippen LogP contribution in [0.25, 0.3) is 0 Å². The van der Waals surface area contributed by atoms with E-state index in [-0.39, 0.29) is 24.9 Å². The fraction of sp³-hybridized carbons (Fsp3) is 0.792. The van der Waals surface area contributed by atoms with E-state index in [0.29, 0.717) is 12.8 Å². The number of carbonyl (C=O) groups excluding carboxylic acids is 2. The maximum absolute atomic E-state index is 13.1. The molecular formula is C48H87NO5. The topological polar surface area (TPSA) is 95.9 Å². The van der Waals surface area contributed by atoms with E-state index in [1.165, 1.54) is 109 Å². The number of unbranched alkanes of at least 4 members (excludes halogenated alkanes) is 22. The van der Waals surface area contributed by atoms with Crippen molar-refractivity contribution in [3.05, 3.63) is 48.6 Å². The lowest BCUT2D eigenvalue weighted by Crippen LogP contribution is -2.46. The molecule has 0 aliphatic rings. The third-order valence-corrected chi connectivity index (χ3v) is 10.1. The Morgan fingerprint density at radius 2 is 1.04 bits per heavy atom. The van der Waals surface area contributed by atoms with Crippen molar-refractivity contribution in [1.29, 1.82) is 0 Å².